The van der Waals surface area contributed by atoms with Crippen LogP contribution in [0, 0.1) is 0 Å². The SMILES string of the molecule is NC1(CC(=O)N2CCCSCC2)CCCCC1. The molecule has 0 aromatic carbocycles. The van der Waals surface area contributed by atoms with Crippen molar-refractivity contribution in [2.24, 2.45) is 5.73 Å². The first-order valence-electron chi connectivity index (χ1n) is 6.84. The topological polar surface area (TPSA) is 46.3 Å². The third-order valence-electron chi connectivity index (χ3n) is 3.93. The van der Waals surface area contributed by atoms with Crippen LogP contribution in [0.2, 0.25) is 0 Å². The fourth-order valence-corrected chi connectivity index (χ4v) is 3.73. The van der Waals surface area contributed by atoms with Gasteiger partial charge in [0.25, 0.3) is 0 Å². The van der Waals surface area contributed by atoms with Crippen molar-refractivity contribution in [3.05, 3.63) is 0 Å². The van der Waals surface area contributed by atoms with Crippen LogP contribution >= 0.6 is 11.8 Å². The Morgan fingerprint density at radius 2 is 1.88 bits per heavy atom. The molecule has 0 spiro atoms. The Morgan fingerprint density at radius 3 is 2.65 bits per heavy atom. The number of thioether (sulfide) groups is 1. The quantitative estimate of drug-likeness (QED) is 0.822. The van der Waals surface area contributed by atoms with E-state index >= 15 is 0 Å². The van der Waals surface area contributed by atoms with Crippen LogP contribution in [0.5, 0.6) is 0 Å². The largest absolute Gasteiger partial charge is 0.342 e. The maximum Gasteiger partial charge on any atom is 0.224 e. The van der Waals surface area contributed by atoms with Crippen LogP contribution in [0.4, 0.5) is 0 Å². The molecule has 1 saturated carbocycles. The predicted octanol–water partition coefficient (Wildman–Crippen LogP) is 2.00. The summed E-state index contributed by atoms with van der Waals surface area (Å²) in [4.78, 5) is 14.3. The van der Waals surface area contributed by atoms with Crippen LogP contribution in [-0.2, 0) is 4.79 Å². The first kappa shape index (κ1) is 13.2. The van der Waals surface area contributed by atoms with Crippen molar-refractivity contribution in [3.63, 3.8) is 0 Å². The number of hydrogen-bond donors (Lipinski definition) is 1. The van der Waals surface area contributed by atoms with Crippen LogP contribution in [-0.4, -0.2) is 40.9 Å². The van der Waals surface area contributed by atoms with Gasteiger partial charge in [0.15, 0.2) is 0 Å². The van der Waals surface area contributed by atoms with E-state index in [9.17, 15) is 4.79 Å². The highest BCUT2D eigenvalue weighted by atomic mass is 32.2. The number of nitrogens with zero attached hydrogens (tertiary/aromatic N) is 1. The van der Waals surface area contributed by atoms with Gasteiger partial charge in [-0.1, -0.05) is 19.3 Å². The summed E-state index contributed by atoms with van der Waals surface area (Å²) >= 11 is 1.96. The molecular weight excluding hydrogens is 232 g/mol. The highest BCUT2D eigenvalue weighted by molar-refractivity contribution is 7.99. The van der Waals surface area contributed by atoms with Crippen molar-refractivity contribution >= 4 is 17.7 Å². The van der Waals surface area contributed by atoms with Crippen molar-refractivity contribution in [2.45, 2.75) is 50.5 Å². The number of amides is 1. The van der Waals surface area contributed by atoms with Gasteiger partial charge < -0.3 is 10.6 Å². The molecule has 1 aliphatic carbocycles. The average molecular weight is 256 g/mol. The van der Waals surface area contributed by atoms with E-state index in [1.54, 1.807) is 0 Å². The molecule has 1 saturated heterocycles. The van der Waals surface area contributed by atoms with E-state index in [2.05, 4.69) is 0 Å². The molecule has 2 fully saturated rings. The zero-order valence-corrected chi connectivity index (χ0v) is 11.4. The van der Waals surface area contributed by atoms with E-state index in [0.717, 1.165) is 38.1 Å². The molecule has 2 rings (SSSR count). The summed E-state index contributed by atoms with van der Waals surface area (Å²) in [7, 11) is 0. The summed E-state index contributed by atoms with van der Waals surface area (Å²) in [5, 5.41) is 0. The van der Waals surface area contributed by atoms with E-state index < -0.39 is 0 Å². The maximum atomic E-state index is 12.3. The smallest absolute Gasteiger partial charge is 0.224 e. The summed E-state index contributed by atoms with van der Waals surface area (Å²) in [5.74, 6) is 2.57. The van der Waals surface area contributed by atoms with Crippen LogP contribution in [0.25, 0.3) is 0 Å². The monoisotopic (exact) mass is 256 g/mol. The van der Waals surface area contributed by atoms with Gasteiger partial charge in [-0.25, -0.2) is 0 Å². The Balaban J connectivity index is 1.86. The second-order valence-electron chi connectivity index (χ2n) is 5.45. The minimum Gasteiger partial charge on any atom is -0.342 e. The minimum absolute atomic E-state index is 0.200. The molecule has 3 nitrogen and oxygen atoms in total. The number of hydrogen-bond acceptors (Lipinski definition) is 3. The normalized spacial score (nSPS) is 25.4. The van der Waals surface area contributed by atoms with Gasteiger partial charge in [0.05, 0.1) is 0 Å². The molecule has 4 heteroatoms. The Bertz CT molecular complexity index is 256. The Kier molecular flexibility index (Phi) is 4.74. The van der Waals surface area contributed by atoms with Crippen LogP contribution in [0.1, 0.15) is 44.9 Å². The van der Waals surface area contributed by atoms with Gasteiger partial charge in [0, 0.05) is 30.8 Å². The molecule has 1 amide bonds. The lowest BCUT2D eigenvalue weighted by molar-refractivity contribution is -0.132. The maximum absolute atomic E-state index is 12.3. The zero-order valence-electron chi connectivity index (χ0n) is 10.6. The fourth-order valence-electron chi connectivity index (χ4n) is 2.84. The average Bonchev–Trinajstić information content (AvgIpc) is 2.57. The molecule has 0 aromatic heterocycles. The standard InChI is InChI=1S/C13H24N2OS/c14-13(5-2-1-3-6-13)11-12(16)15-7-4-9-17-10-8-15/h1-11,14H2. The number of nitrogens with two attached hydrogens (primary N) is 1. The van der Waals surface area contributed by atoms with Gasteiger partial charge in [-0.05, 0) is 25.0 Å². The molecule has 0 atom stereocenters. The number of rotatable bonds is 2. The Labute approximate surface area is 108 Å². The van der Waals surface area contributed by atoms with Crippen molar-refractivity contribution in [1.82, 2.24) is 4.90 Å². The van der Waals surface area contributed by atoms with Crippen molar-refractivity contribution in [3.8, 4) is 0 Å². The molecule has 17 heavy (non-hydrogen) atoms. The summed E-state index contributed by atoms with van der Waals surface area (Å²) < 4.78 is 0. The first-order valence-corrected chi connectivity index (χ1v) is 8.00. The predicted molar refractivity (Wildman–Crippen MR) is 73.1 cm³/mol. The number of carbonyl (C=O) groups excluding carboxylic acids is 1. The van der Waals surface area contributed by atoms with Crippen molar-refractivity contribution in [2.75, 3.05) is 24.6 Å². The second-order valence-corrected chi connectivity index (χ2v) is 6.67. The lowest BCUT2D eigenvalue weighted by Crippen LogP contribution is -2.47. The fraction of sp³-hybridized carbons (Fsp3) is 0.923. The summed E-state index contributed by atoms with van der Waals surface area (Å²) in [6.07, 6.45) is 7.43. The first-order chi connectivity index (χ1) is 8.20. The third-order valence-corrected chi connectivity index (χ3v) is 4.98. The minimum atomic E-state index is -0.200. The van der Waals surface area contributed by atoms with Gasteiger partial charge in [-0.2, -0.15) is 11.8 Å². The van der Waals surface area contributed by atoms with Gasteiger partial charge in [0.2, 0.25) is 5.91 Å². The van der Waals surface area contributed by atoms with Crippen molar-refractivity contribution in [1.29, 1.82) is 0 Å². The molecule has 2 N–H and O–H groups in total. The molecule has 1 heterocycles. The Hall–Kier alpha value is -0.220. The van der Waals surface area contributed by atoms with Crippen molar-refractivity contribution < 1.29 is 4.79 Å². The van der Waals surface area contributed by atoms with E-state index in [0.29, 0.717) is 6.42 Å². The number of carbonyl (C=O) groups is 1. The third kappa shape index (κ3) is 3.88. The highest BCUT2D eigenvalue weighted by Gasteiger charge is 2.31. The molecule has 2 aliphatic rings. The lowest BCUT2D eigenvalue weighted by Gasteiger charge is -2.34. The van der Waals surface area contributed by atoms with E-state index in [4.69, 9.17) is 5.73 Å². The summed E-state index contributed by atoms with van der Waals surface area (Å²) in [6, 6.07) is 0. The van der Waals surface area contributed by atoms with Crippen LogP contribution in [0.15, 0.2) is 0 Å². The highest BCUT2D eigenvalue weighted by Crippen LogP contribution is 2.29. The van der Waals surface area contributed by atoms with E-state index in [1.165, 1.54) is 25.0 Å². The van der Waals surface area contributed by atoms with Gasteiger partial charge in [-0.15, -0.1) is 0 Å². The molecule has 0 unspecified atom stereocenters. The van der Waals surface area contributed by atoms with Crippen LogP contribution < -0.4 is 5.73 Å². The van der Waals surface area contributed by atoms with E-state index in [1.807, 2.05) is 16.7 Å². The molecular formula is C13H24N2OS. The molecule has 1 aliphatic heterocycles. The van der Waals surface area contributed by atoms with Gasteiger partial charge >= 0.3 is 0 Å². The summed E-state index contributed by atoms with van der Waals surface area (Å²) in [5.41, 5.74) is 6.15. The molecule has 0 bridgehead atoms. The second kappa shape index (κ2) is 6.10. The van der Waals surface area contributed by atoms with Gasteiger partial charge in [0.1, 0.15) is 0 Å². The Morgan fingerprint density at radius 1 is 1.12 bits per heavy atom. The van der Waals surface area contributed by atoms with Crippen LogP contribution in [0.3, 0.4) is 0 Å². The van der Waals surface area contributed by atoms with E-state index in [-0.39, 0.29) is 11.4 Å². The molecule has 0 aromatic rings. The lowest BCUT2D eigenvalue weighted by atomic mass is 9.80. The van der Waals surface area contributed by atoms with Gasteiger partial charge in [-0.3, -0.25) is 4.79 Å². The molecule has 98 valence electrons. The summed E-state index contributed by atoms with van der Waals surface area (Å²) in [6.45, 7) is 1.85. The molecule has 0 radical (unpaired) electrons. The zero-order chi connectivity index (χ0) is 12.1.